The number of carbonyl (C=O) groups is 1. The zero-order valence-electron chi connectivity index (χ0n) is 14.4. The van der Waals surface area contributed by atoms with Crippen molar-refractivity contribution < 1.29 is 9.53 Å². The first-order valence-corrected chi connectivity index (χ1v) is 8.44. The van der Waals surface area contributed by atoms with Gasteiger partial charge in [0.1, 0.15) is 5.75 Å². The molecule has 126 valence electrons. The Morgan fingerprint density at radius 1 is 0.875 bits per heavy atom. The van der Waals surface area contributed by atoms with Crippen LogP contribution in [-0.4, -0.2) is 12.4 Å². The summed E-state index contributed by atoms with van der Waals surface area (Å²) in [4.78, 5) is 11.2. The molecule has 0 aromatic heterocycles. The Morgan fingerprint density at radius 3 is 2.00 bits per heavy atom. The summed E-state index contributed by atoms with van der Waals surface area (Å²) >= 11 is 0. The molecule has 4 heteroatoms. The fourth-order valence-corrected chi connectivity index (χ4v) is 2.21. The maximum atomic E-state index is 11.2. The lowest BCUT2D eigenvalue weighted by Crippen LogP contribution is -1.96. The van der Waals surface area contributed by atoms with Gasteiger partial charge in [0.2, 0.25) is 0 Å². The molecule has 0 radical (unpaired) electrons. The Morgan fingerprint density at radius 2 is 1.46 bits per heavy atom. The maximum Gasteiger partial charge on any atom is 0.159 e. The first kappa shape index (κ1) is 17.9. The van der Waals surface area contributed by atoms with Gasteiger partial charge < -0.3 is 4.74 Å². The molecule has 0 atom stereocenters. The summed E-state index contributed by atoms with van der Waals surface area (Å²) < 4.78 is 5.70. The lowest BCUT2D eigenvalue weighted by molar-refractivity contribution is 0.101. The van der Waals surface area contributed by atoms with E-state index in [9.17, 15) is 4.79 Å². The van der Waals surface area contributed by atoms with Crippen LogP contribution in [0, 0.1) is 0 Å². The molecule has 0 aliphatic carbocycles. The number of benzene rings is 2. The fourth-order valence-electron chi connectivity index (χ4n) is 2.21. The molecule has 0 amide bonds. The highest BCUT2D eigenvalue weighted by Gasteiger charge is 1.99. The van der Waals surface area contributed by atoms with E-state index < -0.39 is 0 Å². The molecule has 0 bridgehead atoms. The van der Waals surface area contributed by atoms with Crippen molar-refractivity contribution in [1.82, 2.24) is 0 Å². The molecule has 2 aromatic rings. The van der Waals surface area contributed by atoms with E-state index in [4.69, 9.17) is 4.74 Å². The zero-order valence-corrected chi connectivity index (χ0v) is 14.4. The van der Waals surface area contributed by atoms with E-state index in [1.165, 1.54) is 19.3 Å². The van der Waals surface area contributed by atoms with Crippen molar-refractivity contribution in [1.29, 1.82) is 0 Å². The number of unbranched alkanes of at least 4 members (excludes halogenated alkanes) is 3. The number of carbonyl (C=O) groups excluding carboxylic acids is 1. The molecule has 0 unspecified atom stereocenters. The topological polar surface area (TPSA) is 51.0 Å². The Labute approximate surface area is 143 Å². The lowest BCUT2D eigenvalue weighted by atomic mass is 10.1. The van der Waals surface area contributed by atoms with Gasteiger partial charge in [0.15, 0.2) is 5.78 Å². The molecular weight excluding hydrogens is 300 g/mol. The third-order valence-electron chi connectivity index (χ3n) is 3.66. The summed E-state index contributed by atoms with van der Waals surface area (Å²) in [6.45, 7) is 4.50. The number of Topliss-reactive ketones (excluding diaryl/α,β-unsaturated/α-hetero) is 1. The molecule has 0 N–H and O–H groups in total. The number of rotatable bonds is 9. The van der Waals surface area contributed by atoms with Crippen molar-refractivity contribution in [3.63, 3.8) is 0 Å². The third-order valence-corrected chi connectivity index (χ3v) is 3.66. The van der Waals surface area contributed by atoms with E-state index in [-0.39, 0.29) is 5.78 Å². The van der Waals surface area contributed by atoms with Gasteiger partial charge in [-0.3, -0.25) is 4.79 Å². The standard InChI is InChI=1S/C20H24N2O2/c1-3-4-5-6-15-24-20-13-11-19(12-14-20)22-21-18-9-7-17(8-10-18)16(2)23/h7-14H,3-6,15H2,1-2H3. The Bertz CT molecular complexity index is 661. The predicted octanol–water partition coefficient (Wildman–Crippen LogP) is 6.26. The van der Waals surface area contributed by atoms with E-state index in [0.717, 1.165) is 30.2 Å². The van der Waals surface area contributed by atoms with Gasteiger partial charge in [0.05, 0.1) is 18.0 Å². The van der Waals surface area contributed by atoms with Gasteiger partial charge in [0, 0.05) is 5.56 Å². The SMILES string of the molecule is CCCCCCOc1ccc(N=Nc2ccc(C(C)=O)cc2)cc1. The molecule has 0 saturated carbocycles. The summed E-state index contributed by atoms with van der Waals surface area (Å²) in [6, 6.07) is 14.7. The second kappa shape index (κ2) is 9.60. The first-order valence-electron chi connectivity index (χ1n) is 8.44. The van der Waals surface area contributed by atoms with Crippen LogP contribution in [0.2, 0.25) is 0 Å². The first-order chi connectivity index (χ1) is 11.7. The largest absolute Gasteiger partial charge is 0.494 e. The molecule has 2 aromatic carbocycles. The average Bonchev–Trinajstić information content (AvgIpc) is 2.61. The van der Waals surface area contributed by atoms with Crippen LogP contribution in [0.3, 0.4) is 0 Å². The smallest absolute Gasteiger partial charge is 0.159 e. The van der Waals surface area contributed by atoms with Gasteiger partial charge in [0.25, 0.3) is 0 Å². The Hall–Kier alpha value is -2.49. The molecule has 0 fully saturated rings. The second-order valence-electron chi connectivity index (χ2n) is 5.71. The van der Waals surface area contributed by atoms with Gasteiger partial charge in [-0.15, -0.1) is 0 Å². The number of ketones is 1. The Balaban J connectivity index is 1.85. The normalized spacial score (nSPS) is 10.9. The second-order valence-corrected chi connectivity index (χ2v) is 5.71. The summed E-state index contributed by atoms with van der Waals surface area (Å²) in [5.74, 6) is 0.903. The highest BCUT2D eigenvalue weighted by Crippen LogP contribution is 2.22. The van der Waals surface area contributed by atoms with Crippen LogP contribution in [0.15, 0.2) is 58.8 Å². The van der Waals surface area contributed by atoms with E-state index in [1.807, 2.05) is 24.3 Å². The highest BCUT2D eigenvalue weighted by atomic mass is 16.5. The van der Waals surface area contributed by atoms with Crippen LogP contribution in [-0.2, 0) is 0 Å². The van der Waals surface area contributed by atoms with Crippen LogP contribution >= 0.6 is 0 Å². The summed E-state index contributed by atoms with van der Waals surface area (Å²) in [5.41, 5.74) is 2.16. The van der Waals surface area contributed by atoms with Crippen LogP contribution in [0.5, 0.6) is 5.75 Å². The van der Waals surface area contributed by atoms with Gasteiger partial charge >= 0.3 is 0 Å². The van der Waals surface area contributed by atoms with Crippen molar-refractivity contribution in [2.75, 3.05) is 6.61 Å². The minimum Gasteiger partial charge on any atom is -0.494 e. The number of ether oxygens (including phenoxy) is 1. The van der Waals surface area contributed by atoms with E-state index in [0.29, 0.717) is 5.56 Å². The molecule has 0 spiro atoms. The van der Waals surface area contributed by atoms with Crippen molar-refractivity contribution in [3.05, 3.63) is 54.1 Å². The molecule has 0 aliphatic heterocycles. The van der Waals surface area contributed by atoms with Crippen molar-refractivity contribution in [2.24, 2.45) is 10.2 Å². The van der Waals surface area contributed by atoms with E-state index in [1.54, 1.807) is 31.2 Å². The summed E-state index contributed by atoms with van der Waals surface area (Å²) in [5, 5.41) is 8.37. The summed E-state index contributed by atoms with van der Waals surface area (Å²) in [6.07, 6.45) is 4.80. The fraction of sp³-hybridized carbons (Fsp3) is 0.350. The van der Waals surface area contributed by atoms with Crippen molar-refractivity contribution in [2.45, 2.75) is 39.5 Å². The highest BCUT2D eigenvalue weighted by molar-refractivity contribution is 5.94. The number of nitrogens with zero attached hydrogens (tertiary/aromatic N) is 2. The Kier molecular flexibility index (Phi) is 7.15. The predicted molar refractivity (Wildman–Crippen MR) is 96.7 cm³/mol. The number of hydrogen-bond acceptors (Lipinski definition) is 4. The molecule has 0 aliphatic rings. The van der Waals surface area contributed by atoms with Crippen LogP contribution in [0.25, 0.3) is 0 Å². The molecule has 0 saturated heterocycles. The molecule has 4 nitrogen and oxygen atoms in total. The van der Waals surface area contributed by atoms with Crippen LogP contribution < -0.4 is 4.74 Å². The molecule has 24 heavy (non-hydrogen) atoms. The molecular formula is C20H24N2O2. The molecule has 2 rings (SSSR count). The maximum absolute atomic E-state index is 11.2. The third kappa shape index (κ3) is 5.95. The van der Waals surface area contributed by atoms with Crippen molar-refractivity contribution >= 4 is 17.2 Å². The van der Waals surface area contributed by atoms with Crippen LogP contribution in [0.4, 0.5) is 11.4 Å². The summed E-state index contributed by atoms with van der Waals surface area (Å²) in [7, 11) is 0. The van der Waals surface area contributed by atoms with Gasteiger partial charge in [-0.25, -0.2) is 0 Å². The van der Waals surface area contributed by atoms with Gasteiger partial charge in [-0.05, 0) is 61.9 Å². The molecule has 0 heterocycles. The van der Waals surface area contributed by atoms with Crippen molar-refractivity contribution in [3.8, 4) is 5.75 Å². The minimum atomic E-state index is 0.0452. The van der Waals surface area contributed by atoms with Gasteiger partial charge in [-0.1, -0.05) is 26.2 Å². The minimum absolute atomic E-state index is 0.0452. The zero-order chi connectivity index (χ0) is 17.2. The number of azo groups is 1. The quantitative estimate of drug-likeness (QED) is 0.310. The number of hydrogen-bond donors (Lipinski definition) is 0. The lowest BCUT2D eigenvalue weighted by Gasteiger charge is -2.05. The average molecular weight is 324 g/mol. The monoisotopic (exact) mass is 324 g/mol. The van der Waals surface area contributed by atoms with Crippen LogP contribution in [0.1, 0.15) is 49.9 Å². The van der Waals surface area contributed by atoms with E-state index >= 15 is 0 Å². The van der Waals surface area contributed by atoms with Gasteiger partial charge in [-0.2, -0.15) is 10.2 Å². The van der Waals surface area contributed by atoms with E-state index in [2.05, 4.69) is 17.2 Å².